The van der Waals surface area contributed by atoms with Crippen LogP contribution in [0.3, 0.4) is 0 Å². The summed E-state index contributed by atoms with van der Waals surface area (Å²) in [5.41, 5.74) is 6.71. The summed E-state index contributed by atoms with van der Waals surface area (Å²) >= 11 is 1.82. The minimum atomic E-state index is -0.380. The van der Waals surface area contributed by atoms with Gasteiger partial charge in [0.05, 0.1) is 0 Å². The van der Waals surface area contributed by atoms with Crippen LogP contribution in [0.4, 0.5) is 4.39 Å². The van der Waals surface area contributed by atoms with E-state index in [4.69, 9.17) is 10.9 Å². The summed E-state index contributed by atoms with van der Waals surface area (Å²) in [6.45, 7) is 2.78. The van der Waals surface area contributed by atoms with E-state index >= 15 is 0 Å². The highest BCUT2D eigenvalue weighted by Gasteiger charge is 2.11. The van der Waals surface area contributed by atoms with Crippen LogP contribution in [0.5, 0.6) is 0 Å². The van der Waals surface area contributed by atoms with Gasteiger partial charge in [-0.25, -0.2) is 4.39 Å². The predicted octanol–water partition coefficient (Wildman–Crippen LogP) is 2.49. The number of halogens is 1. The molecule has 3 N–H and O–H groups in total. The summed E-state index contributed by atoms with van der Waals surface area (Å²) < 4.78 is 13.6. The Labute approximate surface area is 123 Å². The topological polar surface area (TPSA) is 61.8 Å². The zero-order chi connectivity index (χ0) is 15.1. The molecular weight excluding hydrogens is 277 g/mol. The van der Waals surface area contributed by atoms with E-state index in [0.29, 0.717) is 18.2 Å². The van der Waals surface area contributed by atoms with E-state index in [1.807, 2.05) is 18.8 Å². The summed E-state index contributed by atoms with van der Waals surface area (Å²) in [5, 5.41) is 11.6. The van der Waals surface area contributed by atoms with Crippen molar-refractivity contribution in [3.8, 4) is 0 Å². The predicted molar refractivity (Wildman–Crippen MR) is 82.8 cm³/mol. The largest absolute Gasteiger partial charge is 0.409 e. The lowest BCUT2D eigenvalue weighted by Gasteiger charge is -2.24. The standard InChI is InChI=1S/C14H22FN3OS/c1-10(4-5-20-3)18(2)9-11-6-12(14(16)17-19)8-13(15)7-11/h6-8,10,19H,4-5,9H2,1-3H3,(H2,16,17). The van der Waals surface area contributed by atoms with Crippen LogP contribution in [0.1, 0.15) is 24.5 Å². The van der Waals surface area contributed by atoms with Gasteiger partial charge in [-0.2, -0.15) is 11.8 Å². The van der Waals surface area contributed by atoms with E-state index < -0.39 is 0 Å². The molecule has 0 bridgehead atoms. The van der Waals surface area contributed by atoms with Crippen molar-refractivity contribution in [2.45, 2.75) is 25.9 Å². The quantitative estimate of drug-likeness (QED) is 0.351. The van der Waals surface area contributed by atoms with Gasteiger partial charge in [0.2, 0.25) is 0 Å². The molecule has 1 rings (SSSR count). The first-order valence-corrected chi connectivity index (χ1v) is 7.83. The van der Waals surface area contributed by atoms with E-state index in [0.717, 1.165) is 17.7 Å². The Morgan fingerprint density at radius 2 is 2.20 bits per heavy atom. The van der Waals surface area contributed by atoms with Gasteiger partial charge in [0.1, 0.15) is 5.82 Å². The Morgan fingerprint density at radius 1 is 1.50 bits per heavy atom. The number of amidine groups is 1. The first kappa shape index (κ1) is 16.8. The van der Waals surface area contributed by atoms with Crippen molar-refractivity contribution in [1.29, 1.82) is 0 Å². The first-order chi connectivity index (χ1) is 9.47. The first-order valence-electron chi connectivity index (χ1n) is 6.44. The highest BCUT2D eigenvalue weighted by atomic mass is 32.2. The molecule has 0 amide bonds. The third-order valence-corrected chi connectivity index (χ3v) is 3.93. The van der Waals surface area contributed by atoms with Crippen molar-refractivity contribution < 1.29 is 9.60 Å². The smallest absolute Gasteiger partial charge is 0.170 e. The highest BCUT2D eigenvalue weighted by molar-refractivity contribution is 7.98. The molecule has 6 heteroatoms. The van der Waals surface area contributed by atoms with Crippen LogP contribution in [0, 0.1) is 5.82 Å². The number of hydrogen-bond donors (Lipinski definition) is 2. The van der Waals surface area contributed by atoms with E-state index in [1.54, 1.807) is 6.07 Å². The van der Waals surface area contributed by atoms with Crippen molar-refractivity contribution in [2.24, 2.45) is 10.9 Å². The highest BCUT2D eigenvalue weighted by Crippen LogP contribution is 2.14. The SMILES string of the molecule is CSCCC(C)N(C)Cc1cc(F)cc(/C(N)=N/O)c1. The summed E-state index contributed by atoms with van der Waals surface area (Å²) in [4.78, 5) is 2.17. The molecule has 0 saturated carbocycles. The van der Waals surface area contributed by atoms with Gasteiger partial charge in [0.25, 0.3) is 0 Å². The van der Waals surface area contributed by atoms with E-state index in [9.17, 15) is 4.39 Å². The van der Waals surface area contributed by atoms with Crippen molar-refractivity contribution >= 4 is 17.6 Å². The maximum atomic E-state index is 13.6. The molecule has 1 atom stereocenters. The molecule has 0 aliphatic rings. The molecule has 1 aromatic carbocycles. The maximum Gasteiger partial charge on any atom is 0.170 e. The third-order valence-electron chi connectivity index (χ3n) is 3.29. The fourth-order valence-corrected chi connectivity index (χ4v) is 2.48. The van der Waals surface area contributed by atoms with E-state index in [1.165, 1.54) is 12.1 Å². The number of nitrogens with two attached hydrogens (primary N) is 1. The monoisotopic (exact) mass is 299 g/mol. The average molecular weight is 299 g/mol. The Kier molecular flexibility index (Phi) is 6.81. The molecule has 0 fully saturated rings. The number of benzene rings is 1. The fourth-order valence-electron chi connectivity index (χ4n) is 1.90. The molecule has 0 saturated heterocycles. The fraction of sp³-hybridized carbons (Fsp3) is 0.500. The van der Waals surface area contributed by atoms with Crippen LogP contribution < -0.4 is 5.73 Å². The minimum absolute atomic E-state index is 0.0798. The van der Waals surface area contributed by atoms with Gasteiger partial charge < -0.3 is 10.9 Å². The molecule has 20 heavy (non-hydrogen) atoms. The molecule has 1 aromatic rings. The number of nitrogens with zero attached hydrogens (tertiary/aromatic N) is 2. The lowest BCUT2D eigenvalue weighted by Crippen LogP contribution is -2.29. The third kappa shape index (κ3) is 5.02. The van der Waals surface area contributed by atoms with Gasteiger partial charge in [-0.05, 0) is 56.2 Å². The lowest BCUT2D eigenvalue weighted by atomic mass is 10.1. The van der Waals surface area contributed by atoms with Crippen LogP contribution in [-0.2, 0) is 6.54 Å². The second-order valence-electron chi connectivity index (χ2n) is 4.88. The van der Waals surface area contributed by atoms with Crippen molar-refractivity contribution in [1.82, 2.24) is 4.90 Å². The van der Waals surface area contributed by atoms with Gasteiger partial charge in [-0.3, -0.25) is 4.90 Å². The molecule has 112 valence electrons. The van der Waals surface area contributed by atoms with Crippen molar-refractivity contribution in [3.63, 3.8) is 0 Å². The zero-order valence-electron chi connectivity index (χ0n) is 12.1. The molecule has 0 aliphatic heterocycles. The Morgan fingerprint density at radius 3 is 2.80 bits per heavy atom. The average Bonchev–Trinajstić information content (AvgIpc) is 2.42. The normalized spacial score (nSPS) is 13.8. The Bertz CT molecular complexity index is 468. The molecule has 1 unspecified atom stereocenters. The Hall–Kier alpha value is -1.27. The van der Waals surface area contributed by atoms with Crippen molar-refractivity contribution in [3.05, 3.63) is 35.1 Å². The van der Waals surface area contributed by atoms with Crippen LogP contribution in [0.25, 0.3) is 0 Å². The second-order valence-corrected chi connectivity index (χ2v) is 5.86. The second kappa shape index (κ2) is 8.11. The zero-order valence-corrected chi connectivity index (χ0v) is 13.0. The van der Waals surface area contributed by atoms with Gasteiger partial charge >= 0.3 is 0 Å². The van der Waals surface area contributed by atoms with E-state index in [2.05, 4.69) is 23.2 Å². The number of oxime groups is 1. The summed E-state index contributed by atoms with van der Waals surface area (Å²) in [7, 11) is 2.01. The number of rotatable bonds is 7. The number of hydrogen-bond acceptors (Lipinski definition) is 4. The minimum Gasteiger partial charge on any atom is -0.409 e. The van der Waals surface area contributed by atoms with Crippen LogP contribution >= 0.6 is 11.8 Å². The Balaban J connectivity index is 2.79. The van der Waals surface area contributed by atoms with Gasteiger partial charge in [0, 0.05) is 18.2 Å². The molecule has 4 nitrogen and oxygen atoms in total. The van der Waals surface area contributed by atoms with Crippen LogP contribution in [-0.4, -0.2) is 41.0 Å². The molecule has 0 aromatic heterocycles. The summed E-state index contributed by atoms with van der Waals surface area (Å²) in [6, 6.07) is 4.90. The molecule has 0 heterocycles. The summed E-state index contributed by atoms with van der Waals surface area (Å²) in [6.07, 6.45) is 3.17. The molecule has 0 aliphatic carbocycles. The van der Waals surface area contributed by atoms with Crippen LogP contribution in [0.2, 0.25) is 0 Å². The van der Waals surface area contributed by atoms with E-state index in [-0.39, 0.29) is 11.7 Å². The molecular formula is C14H22FN3OS. The van der Waals surface area contributed by atoms with Gasteiger partial charge in [0.15, 0.2) is 5.84 Å². The summed E-state index contributed by atoms with van der Waals surface area (Å²) in [5.74, 6) is 0.641. The number of thioether (sulfide) groups is 1. The van der Waals surface area contributed by atoms with Crippen molar-refractivity contribution in [2.75, 3.05) is 19.1 Å². The van der Waals surface area contributed by atoms with Gasteiger partial charge in [-0.15, -0.1) is 0 Å². The lowest BCUT2D eigenvalue weighted by molar-refractivity contribution is 0.245. The molecule has 0 spiro atoms. The molecule has 0 radical (unpaired) electrons. The maximum absolute atomic E-state index is 13.6. The van der Waals surface area contributed by atoms with Gasteiger partial charge in [-0.1, -0.05) is 5.16 Å². The van der Waals surface area contributed by atoms with Crippen LogP contribution in [0.15, 0.2) is 23.4 Å².